The van der Waals surface area contributed by atoms with Gasteiger partial charge in [0.15, 0.2) is 0 Å². The largest absolute Gasteiger partial charge is 0.481 e. The van der Waals surface area contributed by atoms with E-state index in [0.29, 0.717) is 17.7 Å². The zero-order chi connectivity index (χ0) is 25.0. The fourth-order valence-corrected chi connectivity index (χ4v) is 4.32. The van der Waals surface area contributed by atoms with Gasteiger partial charge in [0.2, 0.25) is 0 Å². The summed E-state index contributed by atoms with van der Waals surface area (Å²) in [6, 6.07) is 22.7. The van der Waals surface area contributed by atoms with Crippen LogP contribution in [0.1, 0.15) is 54.1 Å². The lowest BCUT2D eigenvalue weighted by atomic mass is 9.97. The van der Waals surface area contributed by atoms with Crippen LogP contribution >= 0.6 is 0 Å². The van der Waals surface area contributed by atoms with Gasteiger partial charge in [-0.2, -0.15) is 0 Å². The number of carbonyl (C=O) groups excluding carboxylic acids is 2. The Kier molecular flexibility index (Phi) is 6.87. The van der Waals surface area contributed by atoms with Crippen molar-refractivity contribution in [3.05, 3.63) is 89.5 Å². The zero-order valence-electron chi connectivity index (χ0n) is 19.7. The lowest BCUT2D eigenvalue weighted by Crippen LogP contribution is -2.43. The minimum atomic E-state index is -0.906. The molecule has 0 bridgehead atoms. The Morgan fingerprint density at radius 1 is 0.886 bits per heavy atom. The Morgan fingerprint density at radius 2 is 1.46 bits per heavy atom. The van der Waals surface area contributed by atoms with Crippen molar-refractivity contribution >= 4 is 23.7 Å². The summed E-state index contributed by atoms with van der Waals surface area (Å²) in [5, 5.41) is 14.4. The molecule has 4 rings (SSSR count). The van der Waals surface area contributed by atoms with E-state index in [4.69, 9.17) is 9.84 Å². The van der Waals surface area contributed by atoms with Crippen molar-refractivity contribution in [2.75, 3.05) is 11.9 Å². The molecule has 180 valence electrons. The first-order valence-electron chi connectivity index (χ1n) is 11.5. The summed E-state index contributed by atoms with van der Waals surface area (Å²) in [6.07, 6.45) is -0.287. The van der Waals surface area contributed by atoms with Gasteiger partial charge in [-0.1, -0.05) is 48.5 Å². The number of benzene rings is 3. The molecule has 0 saturated carbocycles. The number of ether oxygens (including phenoxy) is 1. The van der Waals surface area contributed by atoms with E-state index in [1.807, 2.05) is 24.3 Å². The smallest absolute Gasteiger partial charge is 0.411 e. The molecule has 1 aliphatic carbocycles. The van der Waals surface area contributed by atoms with Crippen LogP contribution in [0.2, 0.25) is 0 Å². The van der Waals surface area contributed by atoms with E-state index in [0.717, 1.165) is 22.3 Å². The van der Waals surface area contributed by atoms with Gasteiger partial charge in [-0.05, 0) is 66.8 Å². The summed E-state index contributed by atoms with van der Waals surface area (Å²) in [5.41, 5.74) is 4.86. The minimum absolute atomic E-state index is 0.0243. The number of hydrogen-bond donors (Lipinski definition) is 3. The van der Waals surface area contributed by atoms with Gasteiger partial charge in [-0.25, -0.2) is 4.79 Å². The fourth-order valence-electron chi connectivity index (χ4n) is 4.32. The Morgan fingerprint density at radius 3 is 2.03 bits per heavy atom. The van der Waals surface area contributed by atoms with Crippen LogP contribution in [-0.2, 0) is 9.53 Å². The second kappa shape index (κ2) is 10.0. The number of fused-ring (bicyclic) bond motifs is 3. The van der Waals surface area contributed by atoms with Crippen LogP contribution in [0.5, 0.6) is 0 Å². The Balaban J connectivity index is 1.33. The maximum Gasteiger partial charge on any atom is 0.411 e. The van der Waals surface area contributed by atoms with E-state index in [1.54, 1.807) is 38.1 Å². The molecule has 0 radical (unpaired) electrons. The molecule has 0 aliphatic heterocycles. The summed E-state index contributed by atoms with van der Waals surface area (Å²) in [4.78, 5) is 35.8. The number of carbonyl (C=O) groups is 3. The molecule has 3 aromatic carbocycles. The molecule has 0 saturated heterocycles. The maximum atomic E-state index is 12.5. The molecule has 0 heterocycles. The SMILES string of the molecule is CC(C)(CCC(=O)O)NC(=O)c1ccc(NC(=O)OCC2c3ccccc3-c3ccccc32)cc1. The number of amides is 2. The summed E-state index contributed by atoms with van der Waals surface area (Å²) < 4.78 is 5.56. The molecule has 7 heteroatoms. The monoisotopic (exact) mass is 472 g/mol. The van der Waals surface area contributed by atoms with Crippen molar-refractivity contribution in [2.24, 2.45) is 0 Å². The van der Waals surface area contributed by atoms with Gasteiger partial charge in [-0.3, -0.25) is 14.9 Å². The van der Waals surface area contributed by atoms with Crippen molar-refractivity contribution in [3.63, 3.8) is 0 Å². The standard InChI is InChI=1S/C28H28N2O5/c1-28(2,16-15-25(31)32)30-26(33)18-11-13-19(14-12-18)29-27(34)35-17-24-22-9-5-3-7-20(22)21-8-4-6-10-23(21)24/h3-14,24H,15-17H2,1-2H3,(H,29,34)(H,30,33)(H,31,32). The quantitative estimate of drug-likeness (QED) is 0.406. The van der Waals surface area contributed by atoms with Crippen LogP contribution in [-0.4, -0.2) is 35.2 Å². The number of carboxylic acids is 1. The first kappa shape index (κ1) is 24.0. The predicted octanol–water partition coefficient (Wildman–Crippen LogP) is 5.42. The second-order valence-electron chi connectivity index (χ2n) is 9.26. The highest BCUT2D eigenvalue weighted by Crippen LogP contribution is 2.44. The molecular formula is C28H28N2O5. The summed E-state index contributed by atoms with van der Waals surface area (Å²) in [6.45, 7) is 3.77. The van der Waals surface area contributed by atoms with Gasteiger partial charge in [0.25, 0.3) is 5.91 Å². The van der Waals surface area contributed by atoms with Crippen molar-refractivity contribution in [1.29, 1.82) is 0 Å². The number of rotatable bonds is 8. The number of nitrogens with one attached hydrogen (secondary N) is 2. The van der Waals surface area contributed by atoms with Crippen LogP contribution in [0.3, 0.4) is 0 Å². The first-order valence-corrected chi connectivity index (χ1v) is 11.5. The van der Waals surface area contributed by atoms with Gasteiger partial charge in [0.05, 0.1) is 0 Å². The van der Waals surface area contributed by atoms with Gasteiger partial charge in [0.1, 0.15) is 6.61 Å². The van der Waals surface area contributed by atoms with E-state index in [9.17, 15) is 14.4 Å². The predicted molar refractivity (Wildman–Crippen MR) is 134 cm³/mol. The van der Waals surface area contributed by atoms with Crippen molar-refractivity contribution < 1.29 is 24.2 Å². The molecule has 1 aliphatic rings. The summed E-state index contributed by atoms with van der Waals surface area (Å²) in [7, 11) is 0. The minimum Gasteiger partial charge on any atom is -0.481 e. The average Bonchev–Trinajstić information content (AvgIpc) is 3.15. The number of carboxylic acid groups (broad SMARTS) is 1. The molecular weight excluding hydrogens is 444 g/mol. The molecule has 3 N–H and O–H groups in total. The van der Waals surface area contributed by atoms with E-state index in [2.05, 4.69) is 34.9 Å². The number of anilines is 1. The van der Waals surface area contributed by atoms with Crippen LogP contribution < -0.4 is 10.6 Å². The molecule has 0 aromatic heterocycles. The van der Waals surface area contributed by atoms with E-state index < -0.39 is 17.6 Å². The van der Waals surface area contributed by atoms with E-state index in [1.165, 1.54) is 0 Å². The Hall–Kier alpha value is -4.13. The van der Waals surface area contributed by atoms with E-state index >= 15 is 0 Å². The highest BCUT2D eigenvalue weighted by atomic mass is 16.5. The molecule has 0 fully saturated rings. The molecule has 0 unspecified atom stereocenters. The first-order chi connectivity index (χ1) is 16.7. The van der Waals surface area contributed by atoms with E-state index in [-0.39, 0.29) is 24.9 Å². The normalized spacial score (nSPS) is 12.4. The van der Waals surface area contributed by atoms with Crippen LogP contribution in [0.25, 0.3) is 11.1 Å². The van der Waals surface area contributed by atoms with Crippen molar-refractivity contribution in [3.8, 4) is 11.1 Å². The van der Waals surface area contributed by atoms with Crippen LogP contribution in [0.15, 0.2) is 72.8 Å². The maximum absolute atomic E-state index is 12.5. The third-order valence-corrected chi connectivity index (χ3v) is 6.15. The lowest BCUT2D eigenvalue weighted by molar-refractivity contribution is -0.137. The second-order valence-corrected chi connectivity index (χ2v) is 9.26. The summed E-state index contributed by atoms with van der Waals surface area (Å²) in [5.74, 6) is -1.24. The topological polar surface area (TPSA) is 105 Å². The van der Waals surface area contributed by atoms with Gasteiger partial charge in [-0.15, -0.1) is 0 Å². The molecule has 0 atom stereocenters. The Labute approximate surface area is 204 Å². The van der Waals surface area contributed by atoms with Crippen LogP contribution in [0, 0.1) is 0 Å². The average molecular weight is 473 g/mol. The molecule has 35 heavy (non-hydrogen) atoms. The number of hydrogen-bond acceptors (Lipinski definition) is 4. The fraction of sp³-hybridized carbons (Fsp3) is 0.250. The molecule has 0 spiro atoms. The highest BCUT2D eigenvalue weighted by molar-refractivity contribution is 5.95. The van der Waals surface area contributed by atoms with Gasteiger partial charge in [0, 0.05) is 29.1 Å². The molecule has 7 nitrogen and oxygen atoms in total. The number of aliphatic carboxylic acids is 1. The molecule has 3 aromatic rings. The van der Waals surface area contributed by atoms with Crippen LogP contribution in [0.4, 0.5) is 10.5 Å². The zero-order valence-corrected chi connectivity index (χ0v) is 19.7. The van der Waals surface area contributed by atoms with Gasteiger partial charge < -0.3 is 15.2 Å². The third kappa shape index (κ3) is 5.69. The highest BCUT2D eigenvalue weighted by Gasteiger charge is 2.29. The van der Waals surface area contributed by atoms with Gasteiger partial charge >= 0.3 is 12.1 Å². The third-order valence-electron chi connectivity index (χ3n) is 6.15. The molecule has 2 amide bonds. The Bertz CT molecular complexity index is 1200. The van der Waals surface area contributed by atoms with Crippen molar-refractivity contribution in [1.82, 2.24) is 5.32 Å². The summed E-state index contributed by atoms with van der Waals surface area (Å²) >= 11 is 0. The van der Waals surface area contributed by atoms with Crippen molar-refractivity contribution in [2.45, 2.75) is 38.1 Å². The lowest BCUT2D eigenvalue weighted by Gasteiger charge is -2.25.